The van der Waals surface area contributed by atoms with E-state index in [4.69, 9.17) is 16.3 Å². The summed E-state index contributed by atoms with van der Waals surface area (Å²) in [5, 5.41) is 15.6. The van der Waals surface area contributed by atoms with Gasteiger partial charge in [0, 0.05) is 17.8 Å². The highest BCUT2D eigenvalue weighted by atomic mass is 35.5. The number of aromatic nitrogens is 2. The number of anilines is 2. The number of carboxylic acids is 1. The summed E-state index contributed by atoms with van der Waals surface area (Å²) >= 11 is 7.33. The molecule has 31 heavy (non-hydrogen) atoms. The molecule has 6 nitrogen and oxygen atoms in total. The maximum absolute atomic E-state index is 14.3. The van der Waals surface area contributed by atoms with Crippen LogP contribution in [-0.2, 0) is 11.2 Å². The van der Waals surface area contributed by atoms with Gasteiger partial charge in [-0.05, 0) is 55.9 Å². The molecule has 1 saturated carbocycles. The molecule has 0 saturated heterocycles. The van der Waals surface area contributed by atoms with Crippen LogP contribution in [0.3, 0.4) is 0 Å². The van der Waals surface area contributed by atoms with Crippen LogP contribution in [0.15, 0.2) is 48.1 Å². The first kappa shape index (κ1) is 21.5. The lowest BCUT2D eigenvalue weighted by Crippen LogP contribution is -2.36. The van der Waals surface area contributed by atoms with Gasteiger partial charge in [0.25, 0.3) is 0 Å². The number of hydrogen-bond donors (Lipinski definition) is 2. The van der Waals surface area contributed by atoms with E-state index >= 15 is 0 Å². The largest absolute Gasteiger partial charge is 0.487 e. The Labute approximate surface area is 188 Å². The molecule has 9 heteroatoms. The molecule has 1 aromatic carbocycles. The number of hydrogen-bond acceptors (Lipinski definition) is 6. The van der Waals surface area contributed by atoms with Gasteiger partial charge in [0.1, 0.15) is 0 Å². The Morgan fingerprint density at radius 3 is 2.90 bits per heavy atom. The van der Waals surface area contributed by atoms with E-state index in [1.165, 1.54) is 23.5 Å². The maximum Gasteiger partial charge on any atom is 0.306 e. The van der Waals surface area contributed by atoms with Gasteiger partial charge in [-0.2, -0.15) is 0 Å². The third-order valence-electron chi connectivity index (χ3n) is 5.48. The van der Waals surface area contributed by atoms with Crippen molar-refractivity contribution in [2.24, 2.45) is 11.8 Å². The molecule has 3 aromatic rings. The van der Waals surface area contributed by atoms with Crippen LogP contribution in [0.2, 0.25) is 5.02 Å². The first-order valence-electron chi connectivity index (χ1n) is 9.95. The van der Waals surface area contributed by atoms with Crippen LogP contribution in [0.1, 0.15) is 25.0 Å². The number of pyridine rings is 1. The number of rotatable bonds is 7. The van der Waals surface area contributed by atoms with Crippen molar-refractivity contribution in [2.45, 2.75) is 31.8 Å². The lowest BCUT2D eigenvalue weighted by Gasteiger charge is -2.34. The van der Waals surface area contributed by atoms with Gasteiger partial charge in [-0.3, -0.25) is 9.78 Å². The summed E-state index contributed by atoms with van der Waals surface area (Å²) in [6, 6.07) is 8.35. The molecule has 0 amide bonds. The topological polar surface area (TPSA) is 84.3 Å². The van der Waals surface area contributed by atoms with Gasteiger partial charge in [0.15, 0.2) is 16.7 Å². The van der Waals surface area contributed by atoms with E-state index in [9.17, 15) is 14.3 Å². The molecule has 2 heterocycles. The Hall–Kier alpha value is -2.71. The molecule has 2 aromatic heterocycles. The highest BCUT2D eigenvalue weighted by Gasteiger charge is 2.37. The van der Waals surface area contributed by atoms with E-state index in [1.54, 1.807) is 18.5 Å². The smallest absolute Gasteiger partial charge is 0.306 e. The van der Waals surface area contributed by atoms with Crippen LogP contribution >= 0.6 is 22.9 Å². The number of nitrogens with one attached hydrogen (secondary N) is 1. The van der Waals surface area contributed by atoms with Crippen molar-refractivity contribution in [2.75, 3.05) is 5.32 Å². The number of benzene rings is 1. The summed E-state index contributed by atoms with van der Waals surface area (Å²) in [6.45, 7) is 0. The third kappa shape index (κ3) is 5.14. The third-order valence-corrected chi connectivity index (χ3v) is 6.46. The van der Waals surface area contributed by atoms with E-state index in [2.05, 4.69) is 15.3 Å². The predicted octanol–water partition coefficient (Wildman–Crippen LogP) is 5.57. The van der Waals surface area contributed by atoms with Crippen molar-refractivity contribution in [1.82, 2.24) is 9.97 Å². The number of halogens is 2. The molecule has 1 unspecified atom stereocenters. The van der Waals surface area contributed by atoms with Gasteiger partial charge in [-0.15, -0.1) is 11.3 Å². The van der Waals surface area contributed by atoms with Crippen LogP contribution in [0.5, 0.6) is 5.75 Å². The number of ether oxygens (including phenoxy) is 1. The van der Waals surface area contributed by atoms with Crippen LogP contribution in [-0.4, -0.2) is 27.1 Å². The molecule has 1 fully saturated rings. The van der Waals surface area contributed by atoms with Crippen molar-refractivity contribution in [3.05, 3.63) is 64.6 Å². The Morgan fingerprint density at radius 2 is 2.13 bits per heavy atom. The molecular weight excluding hydrogens is 441 g/mol. The van der Waals surface area contributed by atoms with Crippen molar-refractivity contribution >= 4 is 39.7 Å². The Morgan fingerprint density at radius 1 is 1.26 bits per heavy atom. The van der Waals surface area contributed by atoms with Crippen molar-refractivity contribution in [1.29, 1.82) is 0 Å². The number of carboxylic acid groups (broad SMARTS) is 1. The highest BCUT2D eigenvalue weighted by Crippen LogP contribution is 2.37. The van der Waals surface area contributed by atoms with E-state index in [-0.39, 0.29) is 22.8 Å². The predicted molar refractivity (Wildman–Crippen MR) is 118 cm³/mol. The second-order valence-electron chi connectivity index (χ2n) is 7.47. The maximum atomic E-state index is 14.3. The minimum absolute atomic E-state index is 0.000315. The van der Waals surface area contributed by atoms with Gasteiger partial charge in [0.05, 0.1) is 28.4 Å². The summed E-state index contributed by atoms with van der Waals surface area (Å²) in [4.78, 5) is 20.6. The molecule has 4 rings (SSSR count). The van der Waals surface area contributed by atoms with Crippen LogP contribution in [0, 0.1) is 17.7 Å². The van der Waals surface area contributed by atoms with E-state index in [0.29, 0.717) is 25.7 Å². The lowest BCUT2D eigenvalue weighted by atomic mass is 9.75. The van der Waals surface area contributed by atoms with Gasteiger partial charge < -0.3 is 15.2 Å². The minimum atomic E-state index is -0.831. The summed E-state index contributed by atoms with van der Waals surface area (Å²) in [7, 11) is 0. The molecule has 1 aliphatic carbocycles. The van der Waals surface area contributed by atoms with Crippen molar-refractivity contribution in [3.8, 4) is 5.75 Å². The number of nitrogens with zero attached hydrogens (tertiary/aromatic N) is 2. The second kappa shape index (κ2) is 9.62. The molecular formula is C22H21ClFN3O3S. The van der Waals surface area contributed by atoms with Crippen molar-refractivity contribution in [3.63, 3.8) is 0 Å². The zero-order chi connectivity index (χ0) is 21.8. The van der Waals surface area contributed by atoms with E-state index in [0.717, 1.165) is 16.5 Å². The molecule has 162 valence electrons. The van der Waals surface area contributed by atoms with Gasteiger partial charge in [-0.1, -0.05) is 17.7 Å². The zero-order valence-electron chi connectivity index (χ0n) is 16.5. The summed E-state index contributed by atoms with van der Waals surface area (Å²) < 4.78 is 20.1. The number of carbonyl (C=O) groups is 1. The molecule has 2 N–H and O–H groups in total. The fraction of sp³-hybridized carbons (Fsp3) is 0.318. The molecule has 0 radical (unpaired) electrons. The monoisotopic (exact) mass is 461 g/mol. The molecule has 0 aliphatic heterocycles. The molecule has 1 aliphatic rings. The summed E-state index contributed by atoms with van der Waals surface area (Å²) in [5.74, 6) is -2.05. The summed E-state index contributed by atoms with van der Waals surface area (Å²) in [6.07, 6.45) is 5.03. The quantitative estimate of drug-likeness (QED) is 0.478. The average Bonchev–Trinajstić information content (AvgIpc) is 3.26. The number of thiazole rings is 1. The fourth-order valence-electron chi connectivity index (χ4n) is 4.00. The minimum Gasteiger partial charge on any atom is -0.487 e. The Bertz CT molecular complexity index is 1050. The number of aliphatic carboxylic acids is 1. The standard InChI is InChI=1S/C22H21ClFN3O3S/c23-16-3-1-5-19(20(16)24)30-14-6-7-15(21(28)29)13(11-14)12-18-17(4-2-8-25-18)27-22-26-9-10-31-22/h1-5,8-10,13-15H,6-7,11-12H2,(H,26,27)(H,28,29)/t13?,14-,15-/m0/s1. The SMILES string of the molecule is O=C(O)[C@H]1CC[C@H](Oc2cccc(Cl)c2F)CC1Cc1ncccc1Nc1nccs1. The second-order valence-corrected chi connectivity index (χ2v) is 8.78. The van der Waals surface area contributed by atoms with Crippen molar-refractivity contribution < 1.29 is 19.0 Å². The molecule has 0 spiro atoms. The normalized spacial score (nSPS) is 20.9. The molecule has 3 atom stereocenters. The van der Waals surface area contributed by atoms with E-state index in [1.807, 2.05) is 17.5 Å². The van der Waals surface area contributed by atoms with Crippen LogP contribution in [0.4, 0.5) is 15.2 Å². The average molecular weight is 462 g/mol. The van der Waals surface area contributed by atoms with Crippen LogP contribution in [0.25, 0.3) is 0 Å². The molecule has 0 bridgehead atoms. The van der Waals surface area contributed by atoms with Gasteiger partial charge in [0.2, 0.25) is 0 Å². The van der Waals surface area contributed by atoms with Crippen LogP contribution < -0.4 is 10.1 Å². The first-order valence-corrected chi connectivity index (χ1v) is 11.2. The van der Waals surface area contributed by atoms with E-state index < -0.39 is 17.7 Å². The van der Waals surface area contributed by atoms with Gasteiger partial charge >= 0.3 is 5.97 Å². The zero-order valence-corrected chi connectivity index (χ0v) is 18.1. The first-order chi connectivity index (χ1) is 15.0. The fourth-order valence-corrected chi connectivity index (χ4v) is 4.70. The highest BCUT2D eigenvalue weighted by molar-refractivity contribution is 7.13. The Kier molecular flexibility index (Phi) is 6.67. The summed E-state index contributed by atoms with van der Waals surface area (Å²) in [5.41, 5.74) is 1.56. The Balaban J connectivity index is 1.52. The van der Waals surface area contributed by atoms with Gasteiger partial charge in [-0.25, -0.2) is 9.37 Å². The lowest BCUT2D eigenvalue weighted by molar-refractivity contribution is -0.145.